The smallest absolute Gasteiger partial charge is 0.182 e. The fourth-order valence-electron chi connectivity index (χ4n) is 1.66. The van der Waals surface area contributed by atoms with Gasteiger partial charge in [0, 0.05) is 6.54 Å². The van der Waals surface area contributed by atoms with Gasteiger partial charge in [-0.15, -0.1) is 0 Å². The maximum atomic E-state index is 7.96. The molecule has 0 aliphatic heterocycles. The minimum atomic E-state index is 0.440. The van der Waals surface area contributed by atoms with Crippen molar-refractivity contribution in [2.75, 3.05) is 6.54 Å². The molecule has 2 aromatic rings. The number of rotatable bonds is 5. The van der Waals surface area contributed by atoms with Crippen molar-refractivity contribution in [2.24, 2.45) is 5.73 Å². The zero-order chi connectivity index (χ0) is 11.4. The van der Waals surface area contributed by atoms with E-state index < -0.39 is 0 Å². The lowest BCUT2D eigenvalue weighted by Crippen LogP contribution is -2.21. The van der Waals surface area contributed by atoms with E-state index in [0.717, 1.165) is 32.4 Å². The van der Waals surface area contributed by atoms with Gasteiger partial charge >= 0.3 is 0 Å². The highest BCUT2D eigenvalue weighted by molar-refractivity contribution is 5.67. The lowest BCUT2D eigenvalue weighted by Gasteiger charge is -2.05. The average Bonchev–Trinajstić information content (AvgIpc) is 2.76. The highest BCUT2D eigenvalue weighted by Gasteiger charge is 2.02. The van der Waals surface area contributed by atoms with Crippen molar-refractivity contribution in [1.29, 1.82) is 5.41 Å². The summed E-state index contributed by atoms with van der Waals surface area (Å²) in [7, 11) is 0. The van der Waals surface area contributed by atoms with Crippen molar-refractivity contribution in [3.05, 3.63) is 18.1 Å². The zero-order valence-electron chi connectivity index (χ0n) is 9.11. The van der Waals surface area contributed by atoms with E-state index in [9.17, 15) is 0 Å². The second kappa shape index (κ2) is 4.89. The third-order valence-electron chi connectivity index (χ3n) is 2.57. The highest BCUT2D eigenvalue weighted by atomic mass is 15.1. The first-order chi connectivity index (χ1) is 7.83. The average molecular weight is 220 g/mol. The van der Waals surface area contributed by atoms with E-state index in [1.165, 1.54) is 0 Å². The Hall–Kier alpha value is -1.69. The number of unbranched alkanes of at least 4 members (excludes halogenated alkanes) is 2. The largest absolute Gasteiger partial charge is 0.340 e. The first kappa shape index (κ1) is 10.8. The molecule has 0 atom stereocenters. The van der Waals surface area contributed by atoms with Gasteiger partial charge in [-0.1, -0.05) is 6.42 Å². The summed E-state index contributed by atoms with van der Waals surface area (Å²) in [5.41, 5.74) is 7.16. The van der Waals surface area contributed by atoms with Crippen LogP contribution in [0.1, 0.15) is 19.3 Å². The summed E-state index contributed by atoms with van der Waals surface area (Å²) in [6.07, 6.45) is 6.38. The minimum Gasteiger partial charge on any atom is -0.340 e. The van der Waals surface area contributed by atoms with Gasteiger partial charge in [-0.3, -0.25) is 5.41 Å². The SMILES string of the molecule is N=c1c2[nH]cnc2ncn1CCCCCN. The molecule has 6 nitrogen and oxygen atoms in total. The first-order valence-electron chi connectivity index (χ1n) is 5.46. The number of nitrogens with zero attached hydrogens (tertiary/aromatic N) is 3. The van der Waals surface area contributed by atoms with Crippen LogP contribution >= 0.6 is 0 Å². The Balaban J connectivity index is 2.12. The fourth-order valence-corrected chi connectivity index (χ4v) is 1.66. The van der Waals surface area contributed by atoms with Gasteiger partial charge in [0.15, 0.2) is 11.1 Å². The van der Waals surface area contributed by atoms with Gasteiger partial charge in [0.05, 0.1) is 12.7 Å². The molecule has 2 aromatic heterocycles. The lowest BCUT2D eigenvalue weighted by molar-refractivity contribution is 0.566. The van der Waals surface area contributed by atoms with Crippen molar-refractivity contribution in [3.8, 4) is 0 Å². The van der Waals surface area contributed by atoms with Crippen LogP contribution in [0.5, 0.6) is 0 Å². The second-order valence-electron chi connectivity index (χ2n) is 3.74. The molecule has 0 bridgehead atoms. The van der Waals surface area contributed by atoms with Gasteiger partial charge in [-0.2, -0.15) is 0 Å². The van der Waals surface area contributed by atoms with Crippen LogP contribution in [-0.2, 0) is 6.54 Å². The number of hydrogen-bond donors (Lipinski definition) is 3. The number of hydrogen-bond acceptors (Lipinski definition) is 4. The molecule has 16 heavy (non-hydrogen) atoms. The summed E-state index contributed by atoms with van der Waals surface area (Å²) < 4.78 is 1.83. The molecule has 0 aliphatic rings. The summed E-state index contributed by atoms with van der Waals surface area (Å²) in [5.74, 6) is 0. The summed E-state index contributed by atoms with van der Waals surface area (Å²) in [6, 6.07) is 0. The summed E-state index contributed by atoms with van der Waals surface area (Å²) in [5, 5.41) is 7.96. The number of nitrogens with one attached hydrogen (secondary N) is 2. The Morgan fingerprint density at radius 3 is 3.00 bits per heavy atom. The fraction of sp³-hybridized carbons (Fsp3) is 0.500. The predicted octanol–water partition coefficient (Wildman–Crippen LogP) is 0.368. The van der Waals surface area contributed by atoms with Gasteiger partial charge in [-0.05, 0) is 19.4 Å². The van der Waals surface area contributed by atoms with Crippen LogP contribution in [0.2, 0.25) is 0 Å². The number of nitrogens with two attached hydrogens (primary N) is 1. The van der Waals surface area contributed by atoms with E-state index in [4.69, 9.17) is 11.1 Å². The van der Waals surface area contributed by atoms with Crippen LogP contribution in [0.4, 0.5) is 0 Å². The quantitative estimate of drug-likeness (QED) is 0.635. The summed E-state index contributed by atoms with van der Waals surface area (Å²) in [4.78, 5) is 11.1. The molecule has 0 saturated heterocycles. The molecule has 0 unspecified atom stereocenters. The maximum absolute atomic E-state index is 7.96. The standard InChI is InChI=1S/C10H16N6/c11-4-2-1-3-5-16-7-15-10-8(9(16)12)13-6-14-10/h6-7,12H,1-5,11H2,(H,13,14). The molecule has 0 spiro atoms. The van der Waals surface area contributed by atoms with E-state index in [2.05, 4.69) is 15.0 Å². The molecule has 4 N–H and O–H groups in total. The van der Waals surface area contributed by atoms with Crippen molar-refractivity contribution in [2.45, 2.75) is 25.8 Å². The second-order valence-corrected chi connectivity index (χ2v) is 3.74. The third-order valence-corrected chi connectivity index (χ3v) is 2.57. The molecule has 2 heterocycles. The Bertz CT molecular complexity index is 511. The monoisotopic (exact) mass is 220 g/mol. The van der Waals surface area contributed by atoms with Crippen LogP contribution in [0.3, 0.4) is 0 Å². The molecule has 6 heteroatoms. The zero-order valence-corrected chi connectivity index (χ0v) is 9.11. The molecular weight excluding hydrogens is 204 g/mol. The number of aromatic nitrogens is 4. The lowest BCUT2D eigenvalue weighted by atomic mass is 10.2. The van der Waals surface area contributed by atoms with Crippen molar-refractivity contribution in [1.82, 2.24) is 19.5 Å². The Morgan fingerprint density at radius 1 is 1.31 bits per heavy atom. The van der Waals surface area contributed by atoms with E-state index in [1.54, 1.807) is 12.7 Å². The maximum Gasteiger partial charge on any atom is 0.182 e. The van der Waals surface area contributed by atoms with Crippen LogP contribution in [0, 0.1) is 5.41 Å². The topological polar surface area (TPSA) is 96.4 Å². The van der Waals surface area contributed by atoms with Crippen LogP contribution in [-0.4, -0.2) is 26.1 Å². The number of aromatic amines is 1. The van der Waals surface area contributed by atoms with E-state index in [0.29, 0.717) is 16.7 Å². The molecule has 0 aliphatic carbocycles. The van der Waals surface area contributed by atoms with E-state index in [1.807, 2.05) is 4.57 Å². The molecule has 0 radical (unpaired) electrons. The van der Waals surface area contributed by atoms with Gasteiger partial charge in [0.25, 0.3) is 0 Å². The number of fused-ring (bicyclic) bond motifs is 1. The number of H-pyrrole nitrogens is 1. The molecule has 0 fully saturated rings. The molecular formula is C10H16N6. The summed E-state index contributed by atoms with van der Waals surface area (Å²) >= 11 is 0. The Labute approximate surface area is 93.0 Å². The van der Waals surface area contributed by atoms with Gasteiger partial charge < -0.3 is 15.3 Å². The van der Waals surface area contributed by atoms with Crippen LogP contribution < -0.4 is 11.2 Å². The molecule has 0 aromatic carbocycles. The minimum absolute atomic E-state index is 0.440. The van der Waals surface area contributed by atoms with E-state index in [-0.39, 0.29) is 0 Å². The number of imidazole rings is 1. The van der Waals surface area contributed by atoms with Crippen LogP contribution in [0.15, 0.2) is 12.7 Å². The molecule has 86 valence electrons. The van der Waals surface area contributed by atoms with Crippen LogP contribution in [0.25, 0.3) is 11.2 Å². The summed E-state index contributed by atoms with van der Waals surface area (Å²) in [6.45, 7) is 1.54. The molecule has 2 rings (SSSR count). The third kappa shape index (κ3) is 2.11. The predicted molar refractivity (Wildman–Crippen MR) is 60.6 cm³/mol. The van der Waals surface area contributed by atoms with Crippen molar-refractivity contribution in [3.63, 3.8) is 0 Å². The van der Waals surface area contributed by atoms with Gasteiger partial charge in [-0.25, -0.2) is 9.97 Å². The molecule has 0 amide bonds. The van der Waals surface area contributed by atoms with Crippen molar-refractivity contribution >= 4 is 11.2 Å². The van der Waals surface area contributed by atoms with Crippen molar-refractivity contribution < 1.29 is 0 Å². The Kier molecular flexibility index (Phi) is 3.31. The van der Waals surface area contributed by atoms with Gasteiger partial charge in [0.2, 0.25) is 0 Å². The first-order valence-corrected chi connectivity index (χ1v) is 5.46. The van der Waals surface area contributed by atoms with Gasteiger partial charge in [0.1, 0.15) is 5.52 Å². The number of aryl methyl sites for hydroxylation is 1. The van der Waals surface area contributed by atoms with E-state index >= 15 is 0 Å². The molecule has 0 saturated carbocycles. The Morgan fingerprint density at radius 2 is 2.19 bits per heavy atom. The highest BCUT2D eigenvalue weighted by Crippen LogP contribution is 2.00. The normalized spacial score (nSPS) is 11.1.